The number of benzene rings is 1. The molecule has 2 aromatic rings. The van der Waals surface area contributed by atoms with E-state index in [0.29, 0.717) is 26.4 Å². The molecule has 1 aliphatic heterocycles. The van der Waals surface area contributed by atoms with Gasteiger partial charge in [-0.3, -0.25) is 9.40 Å². The maximum atomic E-state index is 12.6. The molecule has 0 spiro atoms. The van der Waals surface area contributed by atoms with E-state index in [9.17, 15) is 18.3 Å². The van der Waals surface area contributed by atoms with E-state index in [2.05, 4.69) is 9.82 Å². The van der Waals surface area contributed by atoms with Gasteiger partial charge in [0.05, 0.1) is 11.5 Å². The molecule has 152 valence electrons. The molecule has 3 rings (SSSR count). The number of aromatic carboxylic acids is 1. The molecule has 2 N–H and O–H groups in total. The Morgan fingerprint density at radius 3 is 2.75 bits per heavy atom. The second-order valence-electron chi connectivity index (χ2n) is 6.49. The molecule has 0 unspecified atom stereocenters. The molecule has 1 fully saturated rings. The summed E-state index contributed by atoms with van der Waals surface area (Å²) < 4.78 is 40.1. The van der Waals surface area contributed by atoms with Crippen LogP contribution in [-0.4, -0.2) is 49.1 Å². The molecule has 0 saturated carbocycles. The van der Waals surface area contributed by atoms with Crippen LogP contribution in [0.5, 0.6) is 5.75 Å². The predicted molar refractivity (Wildman–Crippen MR) is 101 cm³/mol. The first-order valence-electron chi connectivity index (χ1n) is 9.03. The Morgan fingerprint density at radius 2 is 2.11 bits per heavy atom. The monoisotopic (exact) mass is 409 g/mol. The van der Waals surface area contributed by atoms with Crippen molar-refractivity contribution in [2.75, 3.05) is 24.5 Å². The van der Waals surface area contributed by atoms with Crippen molar-refractivity contribution in [3.63, 3.8) is 0 Å². The number of hydrogen-bond donors (Lipinski definition) is 2. The molecular weight excluding hydrogens is 386 g/mol. The van der Waals surface area contributed by atoms with Crippen LogP contribution >= 0.6 is 0 Å². The summed E-state index contributed by atoms with van der Waals surface area (Å²) in [5, 5.41) is 13.6. The number of ether oxygens (including phenoxy) is 2. The lowest BCUT2D eigenvalue weighted by atomic mass is 10.0. The van der Waals surface area contributed by atoms with Crippen LogP contribution in [0.15, 0.2) is 35.4 Å². The summed E-state index contributed by atoms with van der Waals surface area (Å²) in [6.07, 6.45) is 3.35. The molecule has 2 heterocycles. The molecule has 0 bridgehead atoms. The fourth-order valence-corrected chi connectivity index (χ4v) is 3.90. The van der Waals surface area contributed by atoms with Crippen molar-refractivity contribution >= 4 is 21.8 Å². The third kappa shape index (κ3) is 4.82. The molecule has 1 aromatic carbocycles. The van der Waals surface area contributed by atoms with Crippen LogP contribution in [0.1, 0.15) is 30.1 Å². The number of aryl methyl sites for hydroxylation is 1. The highest BCUT2D eigenvalue weighted by atomic mass is 32.2. The number of carboxylic acid groups (broad SMARTS) is 1. The number of nitrogens with one attached hydrogen (secondary N) is 1. The topological polar surface area (TPSA) is 120 Å². The smallest absolute Gasteiger partial charge is 0.339 e. The Hall–Kier alpha value is -2.59. The summed E-state index contributed by atoms with van der Waals surface area (Å²) >= 11 is 0. The van der Waals surface area contributed by atoms with Crippen LogP contribution in [-0.2, 0) is 21.3 Å². The molecule has 0 aliphatic carbocycles. The lowest BCUT2D eigenvalue weighted by Gasteiger charge is -2.22. The van der Waals surface area contributed by atoms with E-state index in [-0.39, 0.29) is 27.9 Å². The van der Waals surface area contributed by atoms with E-state index in [1.165, 1.54) is 18.2 Å². The maximum absolute atomic E-state index is 12.6. The van der Waals surface area contributed by atoms with Gasteiger partial charge < -0.3 is 14.6 Å². The molecule has 9 nitrogen and oxygen atoms in total. The highest BCUT2D eigenvalue weighted by Gasteiger charge is 2.22. The van der Waals surface area contributed by atoms with E-state index in [0.717, 1.165) is 18.9 Å². The minimum Gasteiger partial charge on any atom is -0.492 e. The Kier molecular flexibility index (Phi) is 6.20. The van der Waals surface area contributed by atoms with Crippen LogP contribution in [0, 0.1) is 5.92 Å². The first kappa shape index (κ1) is 20.2. The number of carbonyl (C=O) groups is 1. The van der Waals surface area contributed by atoms with Crippen molar-refractivity contribution < 1.29 is 27.8 Å². The molecule has 0 atom stereocenters. The Bertz CT molecular complexity index is 935. The van der Waals surface area contributed by atoms with E-state index < -0.39 is 16.0 Å². The van der Waals surface area contributed by atoms with Gasteiger partial charge in [0.25, 0.3) is 10.0 Å². The molecule has 10 heteroatoms. The second-order valence-corrected chi connectivity index (χ2v) is 8.17. The van der Waals surface area contributed by atoms with E-state index in [4.69, 9.17) is 9.47 Å². The van der Waals surface area contributed by atoms with Gasteiger partial charge in [0, 0.05) is 32.0 Å². The molecule has 0 amide bonds. The zero-order valence-corrected chi connectivity index (χ0v) is 16.3. The zero-order chi connectivity index (χ0) is 20.1. The van der Waals surface area contributed by atoms with Crippen LogP contribution in [0.25, 0.3) is 0 Å². The summed E-state index contributed by atoms with van der Waals surface area (Å²) in [6.45, 7) is 4.17. The standard InChI is InChI=1S/C18H23N3O6S/c1-2-21-8-5-17(19-21)20-28(24,25)14-3-4-16(15(11-14)18(22)23)27-12-13-6-9-26-10-7-13/h3-5,8,11,13H,2,6-7,9-10,12H2,1H3,(H,19,20)(H,22,23). The first-order valence-corrected chi connectivity index (χ1v) is 10.5. The fourth-order valence-electron chi connectivity index (χ4n) is 2.88. The van der Waals surface area contributed by atoms with Crippen LogP contribution in [0.2, 0.25) is 0 Å². The predicted octanol–water partition coefficient (Wildman–Crippen LogP) is 2.21. The molecule has 0 radical (unpaired) electrons. The van der Waals surface area contributed by atoms with Gasteiger partial charge in [-0.05, 0) is 43.9 Å². The van der Waals surface area contributed by atoms with Crippen molar-refractivity contribution in [3.8, 4) is 5.75 Å². The molecule has 1 aliphatic rings. The number of rotatable bonds is 8. The maximum Gasteiger partial charge on any atom is 0.339 e. The van der Waals surface area contributed by atoms with E-state index >= 15 is 0 Å². The van der Waals surface area contributed by atoms with Gasteiger partial charge in [-0.1, -0.05) is 0 Å². The number of aromatic nitrogens is 2. The van der Waals surface area contributed by atoms with Gasteiger partial charge in [-0.2, -0.15) is 5.10 Å². The van der Waals surface area contributed by atoms with Crippen molar-refractivity contribution in [2.45, 2.75) is 31.2 Å². The van der Waals surface area contributed by atoms with Gasteiger partial charge in [-0.25, -0.2) is 13.2 Å². The van der Waals surface area contributed by atoms with Crippen molar-refractivity contribution in [1.82, 2.24) is 9.78 Å². The number of carboxylic acids is 1. The molecule has 1 aromatic heterocycles. The minimum atomic E-state index is -3.98. The SMILES string of the molecule is CCn1ccc(NS(=O)(=O)c2ccc(OCC3CCOCC3)c(C(=O)O)c2)n1. The number of hydrogen-bond acceptors (Lipinski definition) is 6. The Balaban J connectivity index is 1.77. The average Bonchev–Trinajstić information content (AvgIpc) is 3.13. The third-order valence-electron chi connectivity index (χ3n) is 4.51. The van der Waals surface area contributed by atoms with Crippen LogP contribution < -0.4 is 9.46 Å². The van der Waals surface area contributed by atoms with Crippen molar-refractivity contribution in [1.29, 1.82) is 0 Å². The first-order chi connectivity index (χ1) is 13.4. The van der Waals surface area contributed by atoms with Crippen LogP contribution in [0.3, 0.4) is 0 Å². The minimum absolute atomic E-state index is 0.146. The largest absolute Gasteiger partial charge is 0.492 e. The number of nitrogens with zero attached hydrogens (tertiary/aromatic N) is 2. The zero-order valence-electron chi connectivity index (χ0n) is 15.5. The normalized spacial score (nSPS) is 15.3. The van der Waals surface area contributed by atoms with Gasteiger partial charge in [0.15, 0.2) is 5.82 Å². The fraction of sp³-hybridized carbons (Fsp3) is 0.444. The highest BCUT2D eigenvalue weighted by molar-refractivity contribution is 7.92. The summed E-state index contributed by atoms with van der Waals surface area (Å²) in [5.41, 5.74) is -0.200. The lowest BCUT2D eigenvalue weighted by Crippen LogP contribution is -2.22. The van der Waals surface area contributed by atoms with E-state index in [1.807, 2.05) is 6.92 Å². The number of sulfonamides is 1. The lowest BCUT2D eigenvalue weighted by molar-refractivity contribution is 0.0490. The van der Waals surface area contributed by atoms with Gasteiger partial charge in [0.1, 0.15) is 11.3 Å². The molecule has 28 heavy (non-hydrogen) atoms. The quantitative estimate of drug-likeness (QED) is 0.686. The third-order valence-corrected chi connectivity index (χ3v) is 5.86. The average molecular weight is 409 g/mol. The van der Waals surface area contributed by atoms with Crippen molar-refractivity contribution in [2.24, 2.45) is 5.92 Å². The van der Waals surface area contributed by atoms with E-state index in [1.54, 1.807) is 10.9 Å². The summed E-state index contributed by atoms with van der Waals surface area (Å²) in [4.78, 5) is 11.4. The summed E-state index contributed by atoms with van der Waals surface area (Å²) in [6, 6.07) is 5.33. The Labute approximate surface area is 163 Å². The van der Waals surface area contributed by atoms with Crippen LogP contribution in [0.4, 0.5) is 5.82 Å². The Morgan fingerprint density at radius 1 is 1.36 bits per heavy atom. The second kappa shape index (κ2) is 8.61. The summed E-state index contributed by atoms with van der Waals surface area (Å²) in [5.74, 6) is -0.657. The molecule has 1 saturated heterocycles. The van der Waals surface area contributed by atoms with Gasteiger partial charge >= 0.3 is 5.97 Å². The highest BCUT2D eigenvalue weighted by Crippen LogP contribution is 2.26. The number of anilines is 1. The van der Waals surface area contributed by atoms with Gasteiger partial charge in [-0.15, -0.1) is 0 Å². The van der Waals surface area contributed by atoms with Gasteiger partial charge in [0.2, 0.25) is 0 Å². The van der Waals surface area contributed by atoms with Crippen molar-refractivity contribution in [3.05, 3.63) is 36.0 Å². The summed E-state index contributed by atoms with van der Waals surface area (Å²) in [7, 11) is -3.98. The molecular formula is C18H23N3O6S.